The van der Waals surface area contributed by atoms with Gasteiger partial charge in [-0.1, -0.05) is 24.3 Å². The standard InChI is InChI=1S/C14H15O6PS/c1-20-14-9-13(8-7-11(14)10-21(15,16)17)22(18,19)12-5-3-2-4-6-12/h2-9H,10H2,1H3,(H2,15,16,17). The van der Waals surface area contributed by atoms with Gasteiger partial charge in [-0.25, -0.2) is 8.42 Å². The zero-order chi connectivity index (χ0) is 16.4. The van der Waals surface area contributed by atoms with Gasteiger partial charge < -0.3 is 14.5 Å². The molecule has 0 aromatic heterocycles. The number of methoxy groups -OCH3 is 1. The van der Waals surface area contributed by atoms with Crippen LogP contribution in [0, 0.1) is 0 Å². The third-order valence-corrected chi connectivity index (χ3v) is 5.52. The summed E-state index contributed by atoms with van der Waals surface area (Å²) in [5.41, 5.74) is 0.253. The Labute approximate surface area is 128 Å². The topological polar surface area (TPSA) is 101 Å². The zero-order valence-electron chi connectivity index (χ0n) is 11.7. The summed E-state index contributed by atoms with van der Waals surface area (Å²) in [6, 6.07) is 11.8. The molecule has 2 aromatic rings. The molecule has 0 unspecified atom stereocenters. The van der Waals surface area contributed by atoms with E-state index in [4.69, 9.17) is 14.5 Å². The Hall–Kier alpha value is -1.66. The minimum atomic E-state index is -4.27. The van der Waals surface area contributed by atoms with E-state index in [1.165, 1.54) is 37.4 Å². The molecule has 0 bridgehead atoms. The molecule has 0 amide bonds. The Kier molecular flexibility index (Phi) is 4.72. The highest BCUT2D eigenvalue weighted by molar-refractivity contribution is 7.91. The van der Waals surface area contributed by atoms with E-state index >= 15 is 0 Å². The van der Waals surface area contributed by atoms with Gasteiger partial charge in [-0.05, 0) is 24.3 Å². The van der Waals surface area contributed by atoms with E-state index in [9.17, 15) is 13.0 Å². The summed E-state index contributed by atoms with van der Waals surface area (Å²) in [5, 5.41) is 0. The Morgan fingerprint density at radius 2 is 1.68 bits per heavy atom. The third kappa shape index (κ3) is 3.75. The lowest BCUT2D eigenvalue weighted by molar-refractivity contribution is 0.368. The Balaban J connectivity index is 2.48. The molecule has 2 aromatic carbocycles. The van der Waals surface area contributed by atoms with Crippen molar-refractivity contribution in [3.8, 4) is 5.75 Å². The molecule has 0 heterocycles. The monoisotopic (exact) mass is 342 g/mol. The lowest BCUT2D eigenvalue weighted by Crippen LogP contribution is -2.03. The number of rotatable bonds is 5. The smallest absolute Gasteiger partial charge is 0.330 e. The van der Waals surface area contributed by atoms with Crippen molar-refractivity contribution in [2.45, 2.75) is 16.0 Å². The van der Waals surface area contributed by atoms with Crippen LogP contribution in [-0.2, 0) is 20.6 Å². The van der Waals surface area contributed by atoms with Crippen molar-refractivity contribution in [3.63, 3.8) is 0 Å². The van der Waals surface area contributed by atoms with Crippen LogP contribution >= 0.6 is 7.60 Å². The average molecular weight is 342 g/mol. The average Bonchev–Trinajstić information content (AvgIpc) is 2.47. The van der Waals surface area contributed by atoms with Gasteiger partial charge in [0.15, 0.2) is 0 Å². The van der Waals surface area contributed by atoms with Crippen molar-refractivity contribution in [2.75, 3.05) is 7.11 Å². The Bertz CT molecular complexity index is 810. The predicted octanol–water partition coefficient (Wildman–Crippen LogP) is 2.21. The molecule has 6 nitrogen and oxygen atoms in total. The molecule has 0 saturated heterocycles. The van der Waals surface area contributed by atoms with Gasteiger partial charge in [-0.3, -0.25) is 4.57 Å². The van der Waals surface area contributed by atoms with E-state index in [1.54, 1.807) is 18.2 Å². The molecule has 0 atom stereocenters. The van der Waals surface area contributed by atoms with Gasteiger partial charge in [0, 0.05) is 5.56 Å². The van der Waals surface area contributed by atoms with Crippen molar-refractivity contribution in [1.29, 1.82) is 0 Å². The van der Waals surface area contributed by atoms with Crippen molar-refractivity contribution in [1.82, 2.24) is 0 Å². The molecular weight excluding hydrogens is 327 g/mol. The second-order valence-electron chi connectivity index (χ2n) is 4.61. The van der Waals surface area contributed by atoms with Gasteiger partial charge in [0.2, 0.25) is 9.84 Å². The number of benzene rings is 2. The van der Waals surface area contributed by atoms with Crippen LogP contribution in [0.2, 0.25) is 0 Å². The highest BCUT2D eigenvalue weighted by atomic mass is 32.2. The molecule has 8 heteroatoms. The van der Waals surface area contributed by atoms with E-state index < -0.39 is 23.6 Å². The molecule has 0 saturated carbocycles. The molecule has 2 rings (SSSR count). The van der Waals surface area contributed by atoms with Gasteiger partial charge >= 0.3 is 7.60 Å². The first-order valence-electron chi connectivity index (χ1n) is 6.26. The number of ether oxygens (including phenoxy) is 1. The van der Waals surface area contributed by atoms with Crippen LogP contribution in [0.25, 0.3) is 0 Å². The maximum atomic E-state index is 12.5. The SMILES string of the molecule is COc1cc(S(=O)(=O)c2ccccc2)ccc1CP(=O)(O)O. The summed E-state index contributed by atoms with van der Waals surface area (Å²) >= 11 is 0. The Morgan fingerprint density at radius 1 is 1.05 bits per heavy atom. The number of hydrogen-bond donors (Lipinski definition) is 2. The summed E-state index contributed by atoms with van der Waals surface area (Å²) in [5.74, 6) is 0.125. The van der Waals surface area contributed by atoms with Crippen molar-refractivity contribution in [3.05, 3.63) is 54.1 Å². The molecule has 0 aliphatic heterocycles. The largest absolute Gasteiger partial charge is 0.496 e. The summed E-state index contributed by atoms with van der Waals surface area (Å²) in [6.07, 6.45) is -0.512. The van der Waals surface area contributed by atoms with E-state index in [0.29, 0.717) is 0 Å². The fraction of sp³-hybridized carbons (Fsp3) is 0.143. The molecule has 0 radical (unpaired) electrons. The molecule has 118 valence electrons. The van der Waals surface area contributed by atoms with Crippen LogP contribution in [0.4, 0.5) is 0 Å². The van der Waals surface area contributed by atoms with Gasteiger partial charge in [-0.2, -0.15) is 0 Å². The van der Waals surface area contributed by atoms with E-state index in [0.717, 1.165) is 0 Å². The molecule has 0 spiro atoms. The molecular formula is C14H15O6PS. The van der Waals surface area contributed by atoms with Crippen LogP contribution in [0.3, 0.4) is 0 Å². The van der Waals surface area contributed by atoms with Crippen LogP contribution in [-0.4, -0.2) is 25.3 Å². The highest BCUT2D eigenvalue weighted by Crippen LogP contribution is 2.42. The maximum absolute atomic E-state index is 12.5. The van der Waals surface area contributed by atoms with Gasteiger partial charge in [0.05, 0.1) is 23.1 Å². The summed E-state index contributed by atoms with van der Waals surface area (Å²) in [7, 11) is -6.66. The Morgan fingerprint density at radius 3 is 2.23 bits per heavy atom. The molecule has 2 N–H and O–H groups in total. The van der Waals surface area contributed by atoms with Crippen molar-refractivity contribution >= 4 is 17.4 Å². The first kappa shape index (κ1) is 16.7. The minimum Gasteiger partial charge on any atom is -0.496 e. The molecule has 0 fully saturated rings. The number of hydrogen-bond acceptors (Lipinski definition) is 4. The fourth-order valence-electron chi connectivity index (χ4n) is 1.98. The van der Waals surface area contributed by atoms with E-state index in [-0.39, 0.29) is 21.1 Å². The van der Waals surface area contributed by atoms with Crippen LogP contribution in [0.1, 0.15) is 5.56 Å². The highest BCUT2D eigenvalue weighted by Gasteiger charge is 2.22. The molecule has 0 aliphatic rings. The first-order chi connectivity index (χ1) is 10.2. The van der Waals surface area contributed by atoms with Crippen LogP contribution in [0.5, 0.6) is 5.75 Å². The fourth-order valence-corrected chi connectivity index (χ4v) is 3.98. The summed E-state index contributed by atoms with van der Waals surface area (Å²) in [6.45, 7) is 0. The van der Waals surface area contributed by atoms with Gasteiger partial charge in [0.1, 0.15) is 5.75 Å². The van der Waals surface area contributed by atoms with Crippen LogP contribution in [0.15, 0.2) is 58.3 Å². The van der Waals surface area contributed by atoms with Crippen LogP contribution < -0.4 is 4.74 Å². The first-order valence-corrected chi connectivity index (χ1v) is 9.54. The van der Waals surface area contributed by atoms with Gasteiger partial charge in [0.25, 0.3) is 0 Å². The van der Waals surface area contributed by atoms with Crippen molar-refractivity contribution in [2.24, 2.45) is 0 Å². The van der Waals surface area contributed by atoms with Crippen molar-refractivity contribution < 1.29 is 27.5 Å². The second kappa shape index (κ2) is 6.22. The van der Waals surface area contributed by atoms with Gasteiger partial charge in [-0.15, -0.1) is 0 Å². The molecule has 22 heavy (non-hydrogen) atoms. The lowest BCUT2D eigenvalue weighted by atomic mass is 10.2. The predicted molar refractivity (Wildman–Crippen MR) is 80.6 cm³/mol. The molecule has 0 aliphatic carbocycles. The second-order valence-corrected chi connectivity index (χ2v) is 8.21. The summed E-state index contributed by atoms with van der Waals surface area (Å²) in [4.78, 5) is 18.2. The van der Waals surface area contributed by atoms with E-state index in [2.05, 4.69) is 0 Å². The zero-order valence-corrected chi connectivity index (χ0v) is 13.4. The normalized spacial score (nSPS) is 12.1. The summed E-state index contributed by atoms with van der Waals surface area (Å²) < 4.78 is 41.1. The van der Waals surface area contributed by atoms with E-state index in [1.807, 2.05) is 0 Å². The lowest BCUT2D eigenvalue weighted by Gasteiger charge is -2.12. The minimum absolute atomic E-state index is 0.00464. The number of sulfone groups is 1. The quantitative estimate of drug-likeness (QED) is 0.808. The third-order valence-electron chi connectivity index (χ3n) is 3.00. The maximum Gasteiger partial charge on any atom is 0.330 e.